The molecule has 2 aliphatic heterocycles. The number of fused-ring (bicyclic) bond motifs is 1. The summed E-state index contributed by atoms with van der Waals surface area (Å²) >= 11 is 0. The molecular weight excluding hydrogens is 369 g/mol. The Hall–Kier alpha value is -2.80. The molecule has 0 saturated carbocycles. The summed E-state index contributed by atoms with van der Waals surface area (Å²) in [5.41, 5.74) is 2.27. The molecule has 2 aromatic heterocycles. The highest BCUT2D eigenvalue weighted by molar-refractivity contribution is 5.81. The predicted octanol–water partition coefficient (Wildman–Crippen LogP) is 3.43. The molecule has 0 aliphatic carbocycles. The average Bonchev–Trinajstić information content (AvgIpc) is 3.42. The van der Waals surface area contributed by atoms with E-state index >= 15 is 0 Å². The molecule has 1 aromatic carbocycles. The van der Waals surface area contributed by atoms with Gasteiger partial charge in [-0.15, -0.1) is 0 Å². The Morgan fingerprint density at radius 1 is 1.10 bits per heavy atom. The number of ether oxygens (including phenoxy) is 1. The number of pyridine rings is 1. The van der Waals surface area contributed by atoms with Crippen molar-refractivity contribution in [1.82, 2.24) is 15.0 Å². The van der Waals surface area contributed by atoms with Crippen LogP contribution in [0.25, 0.3) is 10.9 Å². The van der Waals surface area contributed by atoms with E-state index in [4.69, 9.17) is 4.74 Å². The first-order valence-corrected chi connectivity index (χ1v) is 10.2. The first kappa shape index (κ1) is 18.2. The Labute approximate surface area is 169 Å². The molecule has 0 bridgehead atoms. The van der Waals surface area contributed by atoms with Crippen LogP contribution in [0.15, 0.2) is 42.7 Å². The number of rotatable bonds is 5. The van der Waals surface area contributed by atoms with E-state index in [9.17, 15) is 4.39 Å². The number of halogens is 1. The van der Waals surface area contributed by atoms with Crippen LogP contribution >= 0.6 is 0 Å². The molecule has 29 heavy (non-hydrogen) atoms. The zero-order valence-corrected chi connectivity index (χ0v) is 16.2. The normalized spacial score (nSPS) is 21.8. The maximum atomic E-state index is 14.2. The van der Waals surface area contributed by atoms with Gasteiger partial charge in [0.15, 0.2) is 11.6 Å². The van der Waals surface area contributed by atoms with Gasteiger partial charge in [-0.25, -0.2) is 9.37 Å². The minimum atomic E-state index is -0.361. The fourth-order valence-corrected chi connectivity index (χ4v) is 4.32. The zero-order chi connectivity index (χ0) is 19.6. The van der Waals surface area contributed by atoms with E-state index in [1.165, 1.54) is 17.1 Å². The van der Waals surface area contributed by atoms with E-state index in [0.717, 1.165) is 37.9 Å². The van der Waals surface area contributed by atoms with Gasteiger partial charge < -0.3 is 15.0 Å². The van der Waals surface area contributed by atoms with Crippen molar-refractivity contribution in [3.05, 3.63) is 54.1 Å². The maximum absolute atomic E-state index is 14.2. The minimum absolute atomic E-state index is 0.0822. The fourth-order valence-electron chi connectivity index (χ4n) is 4.32. The summed E-state index contributed by atoms with van der Waals surface area (Å²) in [6.45, 7) is 2.96. The van der Waals surface area contributed by atoms with Gasteiger partial charge in [0, 0.05) is 30.6 Å². The predicted molar refractivity (Wildman–Crippen MR) is 111 cm³/mol. The second-order valence-corrected chi connectivity index (χ2v) is 7.80. The molecule has 4 heterocycles. The summed E-state index contributed by atoms with van der Waals surface area (Å²) in [6, 6.07) is 10.4. The quantitative estimate of drug-likeness (QED) is 0.717. The number of nitrogens with zero attached hydrogens (tertiary/aromatic N) is 4. The topological polar surface area (TPSA) is 63.2 Å². The fraction of sp³-hybridized carbons (Fsp3) is 0.409. The lowest BCUT2D eigenvalue weighted by Crippen LogP contribution is -2.31. The molecule has 150 valence electrons. The minimum Gasteiger partial charge on any atom is -0.379 e. The van der Waals surface area contributed by atoms with Gasteiger partial charge in [-0.05, 0) is 37.0 Å². The van der Waals surface area contributed by atoms with Crippen molar-refractivity contribution in [3.63, 3.8) is 0 Å². The number of nitrogens with one attached hydrogen (secondary N) is 1. The Morgan fingerprint density at radius 3 is 2.86 bits per heavy atom. The third-order valence-corrected chi connectivity index (χ3v) is 5.87. The van der Waals surface area contributed by atoms with Crippen molar-refractivity contribution in [2.45, 2.75) is 25.3 Å². The van der Waals surface area contributed by atoms with Crippen LogP contribution in [0.5, 0.6) is 0 Å². The second-order valence-electron chi connectivity index (χ2n) is 7.80. The van der Waals surface area contributed by atoms with Crippen LogP contribution in [0, 0.1) is 11.7 Å². The molecule has 1 N–H and O–H groups in total. The Morgan fingerprint density at radius 2 is 1.97 bits per heavy atom. The maximum Gasteiger partial charge on any atom is 0.225 e. The number of anilines is 2. The van der Waals surface area contributed by atoms with Crippen LogP contribution in [0.1, 0.15) is 18.4 Å². The van der Waals surface area contributed by atoms with Crippen LogP contribution < -0.4 is 10.2 Å². The van der Waals surface area contributed by atoms with Crippen molar-refractivity contribution in [2.24, 2.45) is 5.92 Å². The van der Waals surface area contributed by atoms with Gasteiger partial charge in [-0.3, -0.25) is 4.98 Å². The number of hydrogen-bond acceptors (Lipinski definition) is 6. The van der Waals surface area contributed by atoms with Gasteiger partial charge in [0.05, 0.1) is 31.0 Å². The first-order valence-electron chi connectivity index (χ1n) is 10.2. The molecule has 5 rings (SSSR count). The van der Waals surface area contributed by atoms with Gasteiger partial charge in [0.1, 0.15) is 0 Å². The average molecular weight is 393 g/mol. The molecule has 2 saturated heterocycles. The Balaban J connectivity index is 1.34. The van der Waals surface area contributed by atoms with Gasteiger partial charge in [0.2, 0.25) is 5.95 Å². The van der Waals surface area contributed by atoms with E-state index in [2.05, 4.69) is 32.4 Å². The summed E-state index contributed by atoms with van der Waals surface area (Å²) in [5.74, 6) is 0.786. The Bertz CT molecular complexity index is 1000. The highest BCUT2D eigenvalue weighted by Gasteiger charge is 2.30. The van der Waals surface area contributed by atoms with E-state index in [0.29, 0.717) is 25.0 Å². The molecule has 0 amide bonds. The molecule has 0 unspecified atom stereocenters. The molecule has 0 radical (unpaired) electrons. The lowest BCUT2D eigenvalue weighted by molar-refractivity contribution is 0.185. The van der Waals surface area contributed by atoms with Gasteiger partial charge >= 0.3 is 0 Å². The van der Waals surface area contributed by atoms with Crippen LogP contribution in [0.4, 0.5) is 16.2 Å². The summed E-state index contributed by atoms with van der Waals surface area (Å²) in [4.78, 5) is 15.1. The molecule has 7 heteroatoms. The lowest BCUT2D eigenvalue weighted by atomic mass is 9.93. The Kier molecular flexibility index (Phi) is 4.97. The molecule has 3 aromatic rings. The smallest absolute Gasteiger partial charge is 0.225 e. The van der Waals surface area contributed by atoms with Gasteiger partial charge in [-0.2, -0.15) is 4.98 Å². The van der Waals surface area contributed by atoms with E-state index in [1.807, 2.05) is 29.3 Å². The number of aromatic nitrogens is 3. The largest absolute Gasteiger partial charge is 0.379 e. The number of benzene rings is 1. The summed E-state index contributed by atoms with van der Waals surface area (Å²) in [5, 5.41) is 4.57. The zero-order valence-electron chi connectivity index (χ0n) is 16.2. The lowest BCUT2D eigenvalue weighted by Gasteiger charge is -2.21. The van der Waals surface area contributed by atoms with E-state index in [1.54, 1.807) is 0 Å². The highest BCUT2D eigenvalue weighted by Crippen LogP contribution is 2.27. The molecule has 6 nitrogen and oxygen atoms in total. The van der Waals surface area contributed by atoms with Gasteiger partial charge in [0.25, 0.3) is 0 Å². The third-order valence-electron chi connectivity index (χ3n) is 5.87. The second kappa shape index (κ2) is 7.91. The summed E-state index contributed by atoms with van der Waals surface area (Å²) in [6.07, 6.45) is 6.15. The SMILES string of the molecule is Fc1cnc(N[C@@H]2COC[C@H]2Cc2ccnc3ccccc23)nc1N1CCCC1. The van der Waals surface area contributed by atoms with Crippen molar-refractivity contribution < 1.29 is 9.13 Å². The van der Waals surface area contributed by atoms with Crippen molar-refractivity contribution in [2.75, 3.05) is 36.5 Å². The summed E-state index contributed by atoms with van der Waals surface area (Å²) in [7, 11) is 0. The molecule has 2 atom stereocenters. The summed E-state index contributed by atoms with van der Waals surface area (Å²) < 4.78 is 20.0. The molecule has 2 fully saturated rings. The monoisotopic (exact) mass is 393 g/mol. The van der Waals surface area contributed by atoms with Gasteiger partial charge in [-0.1, -0.05) is 18.2 Å². The number of para-hydroxylation sites is 1. The van der Waals surface area contributed by atoms with Crippen LogP contribution in [-0.2, 0) is 11.2 Å². The van der Waals surface area contributed by atoms with E-state index in [-0.39, 0.29) is 17.8 Å². The van der Waals surface area contributed by atoms with Crippen molar-refractivity contribution >= 4 is 22.7 Å². The van der Waals surface area contributed by atoms with E-state index < -0.39 is 0 Å². The highest BCUT2D eigenvalue weighted by atomic mass is 19.1. The van der Waals surface area contributed by atoms with Crippen LogP contribution in [0.3, 0.4) is 0 Å². The number of hydrogen-bond donors (Lipinski definition) is 1. The molecule has 0 spiro atoms. The van der Waals surface area contributed by atoms with Crippen molar-refractivity contribution in [1.29, 1.82) is 0 Å². The standard InChI is InChI=1S/C22H24FN5O/c23-18-12-25-22(27-21(18)28-9-3-4-10-28)26-20-14-29-13-16(20)11-15-7-8-24-19-6-2-1-5-17(15)19/h1-2,5-8,12,16,20H,3-4,9-11,13-14H2,(H,25,26,27)/t16-,20-/m1/s1. The molecular formula is C22H24FN5O. The van der Waals surface area contributed by atoms with Crippen LogP contribution in [-0.4, -0.2) is 47.3 Å². The first-order chi connectivity index (χ1) is 14.3. The third kappa shape index (κ3) is 3.74. The van der Waals surface area contributed by atoms with Crippen molar-refractivity contribution in [3.8, 4) is 0 Å². The van der Waals surface area contributed by atoms with Crippen LogP contribution in [0.2, 0.25) is 0 Å². The molecule has 2 aliphatic rings.